The Morgan fingerprint density at radius 1 is 1.03 bits per heavy atom. The normalized spacial score (nSPS) is 11.2. The van der Waals surface area contributed by atoms with Crippen LogP contribution in [-0.4, -0.2) is 42.2 Å². The maximum Gasteiger partial charge on any atom is 0.243 e. The molecule has 0 saturated heterocycles. The molecular formula is C20H20N4O4S. The Labute approximate surface area is 169 Å². The highest BCUT2D eigenvalue weighted by Gasteiger charge is 2.23. The van der Waals surface area contributed by atoms with Gasteiger partial charge >= 0.3 is 0 Å². The third-order valence-corrected chi connectivity index (χ3v) is 5.81. The lowest BCUT2D eigenvalue weighted by atomic mass is 10.3. The van der Waals surface area contributed by atoms with Crippen molar-refractivity contribution >= 4 is 21.7 Å². The Morgan fingerprint density at radius 2 is 1.76 bits per heavy atom. The molecule has 2 heterocycles. The van der Waals surface area contributed by atoms with Crippen LogP contribution in [0, 0.1) is 0 Å². The summed E-state index contributed by atoms with van der Waals surface area (Å²) in [5.74, 6) is 0.0720. The number of nitrogens with one attached hydrogen (secondary N) is 1. The van der Waals surface area contributed by atoms with Crippen LogP contribution in [0.5, 0.6) is 5.75 Å². The van der Waals surface area contributed by atoms with E-state index in [2.05, 4.69) is 15.3 Å². The van der Waals surface area contributed by atoms with Gasteiger partial charge in [0.25, 0.3) is 0 Å². The van der Waals surface area contributed by atoms with Gasteiger partial charge in [0.05, 0.1) is 11.4 Å². The molecule has 0 aliphatic heterocycles. The van der Waals surface area contributed by atoms with E-state index in [0.717, 1.165) is 9.87 Å². The fraction of sp³-hybridized carbons (Fsp3) is 0.150. The van der Waals surface area contributed by atoms with Crippen LogP contribution in [-0.2, 0) is 21.4 Å². The van der Waals surface area contributed by atoms with E-state index in [1.165, 1.54) is 25.4 Å². The number of hydrogen-bond donors (Lipinski definition) is 1. The number of hydrogen-bond acceptors (Lipinski definition) is 6. The molecule has 0 aliphatic carbocycles. The number of carbonyl (C=O) groups excluding carboxylic acids is 1. The monoisotopic (exact) mass is 412 g/mol. The van der Waals surface area contributed by atoms with E-state index in [9.17, 15) is 13.2 Å². The van der Waals surface area contributed by atoms with Crippen LogP contribution in [0.2, 0.25) is 0 Å². The zero-order valence-electron chi connectivity index (χ0n) is 15.7. The third-order valence-electron chi connectivity index (χ3n) is 3.99. The van der Waals surface area contributed by atoms with Crippen LogP contribution >= 0.6 is 0 Å². The van der Waals surface area contributed by atoms with E-state index in [4.69, 9.17) is 4.74 Å². The van der Waals surface area contributed by atoms with Crippen molar-refractivity contribution in [3.8, 4) is 5.75 Å². The first-order valence-electron chi connectivity index (χ1n) is 8.75. The number of rotatable bonds is 8. The minimum Gasteiger partial charge on any atom is -0.485 e. The molecular weight excluding hydrogens is 392 g/mol. The van der Waals surface area contributed by atoms with E-state index < -0.39 is 15.9 Å². The summed E-state index contributed by atoms with van der Waals surface area (Å²) in [6.45, 7) is -0.0863. The summed E-state index contributed by atoms with van der Waals surface area (Å²) in [6.07, 6.45) is 4.83. The van der Waals surface area contributed by atoms with Gasteiger partial charge in [0.1, 0.15) is 6.61 Å². The van der Waals surface area contributed by atoms with Gasteiger partial charge in [-0.15, -0.1) is 0 Å². The highest BCUT2D eigenvalue weighted by molar-refractivity contribution is 7.89. The quantitative estimate of drug-likeness (QED) is 0.609. The molecule has 150 valence electrons. The molecule has 0 fully saturated rings. The van der Waals surface area contributed by atoms with E-state index in [1.807, 2.05) is 12.1 Å². The minimum atomic E-state index is -3.77. The predicted molar refractivity (Wildman–Crippen MR) is 108 cm³/mol. The molecule has 1 amide bonds. The van der Waals surface area contributed by atoms with Crippen LogP contribution < -0.4 is 10.1 Å². The first kappa shape index (κ1) is 20.4. The van der Waals surface area contributed by atoms with E-state index in [-0.39, 0.29) is 23.9 Å². The van der Waals surface area contributed by atoms with Gasteiger partial charge in [-0.1, -0.05) is 18.2 Å². The lowest BCUT2D eigenvalue weighted by Crippen LogP contribution is -2.35. The van der Waals surface area contributed by atoms with Crippen molar-refractivity contribution in [3.05, 3.63) is 78.8 Å². The van der Waals surface area contributed by atoms with Crippen LogP contribution in [0.1, 0.15) is 5.56 Å². The van der Waals surface area contributed by atoms with Crippen LogP contribution in [0.25, 0.3) is 0 Å². The first-order valence-corrected chi connectivity index (χ1v) is 10.2. The Morgan fingerprint density at radius 3 is 2.48 bits per heavy atom. The fourth-order valence-electron chi connectivity index (χ4n) is 2.47. The maximum absolute atomic E-state index is 12.5. The second kappa shape index (κ2) is 9.26. The molecule has 8 nitrogen and oxygen atoms in total. The first-order chi connectivity index (χ1) is 14.0. The van der Waals surface area contributed by atoms with Gasteiger partial charge in [0, 0.05) is 25.6 Å². The van der Waals surface area contributed by atoms with E-state index in [0.29, 0.717) is 5.75 Å². The summed E-state index contributed by atoms with van der Waals surface area (Å²) in [7, 11) is -2.42. The topological polar surface area (TPSA) is 101 Å². The maximum atomic E-state index is 12.5. The average Bonchev–Trinajstić information content (AvgIpc) is 2.74. The molecule has 0 saturated carbocycles. The van der Waals surface area contributed by atoms with E-state index >= 15 is 0 Å². The number of sulfonamides is 1. The molecule has 0 spiro atoms. The summed E-state index contributed by atoms with van der Waals surface area (Å²) >= 11 is 0. The second-order valence-corrected chi connectivity index (χ2v) is 8.16. The summed E-state index contributed by atoms with van der Waals surface area (Å²) in [4.78, 5) is 20.6. The minimum absolute atomic E-state index is 0.120. The molecule has 1 aromatic carbocycles. The van der Waals surface area contributed by atoms with Crippen molar-refractivity contribution in [2.75, 3.05) is 18.9 Å². The van der Waals surface area contributed by atoms with Crippen molar-refractivity contribution < 1.29 is 17.9 Å². The SMILES string of the molecule is CN(CC(=O)Nc1ncccc1OCc1ccncc1)S(=O)(=O)c1ccccc1. The van der Waals surface area contributed by atoms with Crippen molar-refractivity contribution in [3.63, 3.8) is 0 Å². The van der Waals surface area contributed by atoms with Gasteiger partial charge in [-0.2, -0.15) is 4.31 Å². The summed E-state index contributed by atoms with van der Waals surface area (Å²) in [5.41, 5.74) is 0.912. The molecule has 3 aromatic rings. The smallest absolute Gasteiger partial charge is 0.243 e. The number of aromatic nitrogens is 2. The van der Waals surface area contributed by atoms with Crippen molar-refractivity contribution in [2.45, 2.75) is 11.5 Å². The number of benzene rings is 1. The van der Waals surface area contributed by atoms with Crippen LogP contribution in [0.4, 0.5) is 5.82 Å². The number of anilines is 1. The molecule has 0 atom stereocenters. The molecule has 2 aromatic heterocycles. The highest BCUT2D eigenvalue weighted by Crippen LogP contribution is 2.22. The highest BCUT2D eigenvalue weighted by atomic mass is 32.2. The Bertz CT molecular complexity index is 1060. The van der Waals surface area contributed by atoms with Gasteiger partial charge in [-0.25, -0.2) is 13.4 Å². The average molecular weight is 412 g/mol. The number of nitrogens with zero attached hydrogens (tertiary/aromatic N) is 3. The molecule has 3 rings (SSSR count). The molecule has 29 heavy (non-hydrogen) atoms. The van der Waals surface area contributed by atoms with Crippen molar-refractivity contribution in [2.24, 2.45) is 0 Å². The molecule has 0 bridgehead atoms. The summed E-state index contributed by atoms with van der Waals surface area (Å²) < 4.78 is 31.8. The summed E-state index contributed by atoms with van der Waals surface area (Å²) in [5, 5.41) is 2.61. The van der Waals surface area contributed by atoms with Gasteiger partial charge < -0.3 is 10.1 Å². The predicted octanol–water partition coefficient (Wildman–Crippen LogP) is 2.31. The van der Waals surface area contributed by atoms with Crippen LogP contribution in [0.15, 0.2) is 78.1 Å². The number of amides is 1. The van der Waals surface area contributed by atoms with E-state index in [1.54, 1.807) is 42.7 Å². The van der Waals surface area contributed by atoms with Gasteiger partial charge in [0.15, 0.2) is 11.6 Å². The number of ether oxygens (including phenoxy) is 1. The molecule has 0 radical (unpaired) electrons. The van der Waals surface area contributed by atoms with Crippen molar-refractivity contribution in [1.29, 1.82) is 0 Å². The molecule has 1 N–H and O–H groups in total. The number of pyridine rings is 2. The summed E-state index contributed by atoms with van der Waals surface area (Å²) in [6, 6.07) is 14.9. The zero-order chi connectivity index (χ0) is 20.7. The molecule has 0 aliphatic rings. The van der Waals surface area contributed by atoms with Gasteiger partial charge in [-0.3, -0.25) is 9.78 Å². The Balaban J connectivity index is 1.65. The largest absolute Gasteiger partial charge is 0.485 e. The van der Waals surface area contributed by atoms with Crippen LogP contribution in [0.3, 0.4) is 0 Å². The zero-order valence-corrected chi connectivity index (χ0v) is 16.5. The molecule has 9 heteroatoms. The number of carbonyl (C=O) groups is 1. The lowest BCUT2D eigenvalue weighted by Gasteiger charge is -2.17. The number of likely N-dealkylation sites (N-methyl/N-ethyl adjacent to an activating group) is 1. The fourth-order valence-corrected chi connectivity index (χ4v) is 3.62. The second-order valence-electron chi connectivity index (χ2n) is 6.12. The molecule has 0 unspecified atom stereocenters. The third kappa shape index (κ3) is 5.37. The Hall–Kier alpha value is -3.30. The van der Waals surface area contributed by atoms with Gasteiger partial charge in [0.2, 0.25) is 15.9 Å². The van der Waals surface area contributed by atoms with Gasteiger partial charge in [-0.05, 0) is 42.0 Å². The van der Waals surface area contributed by atoms with Crippen molar-refractivity contribution in [1.82, 2.24) is 14.3 Å². The Kier molecular flexibility index (Phi) is 6.53. The standard InChI is InChI=1S/C20H20N4O4S/c1-24(29(26,27)17-6-3-2-4-7-17)14-19(25)23-20-18(8-5-11-22-20)28-15-16-9-12-21-13-10-16/h2-13H,14-15H2,1H3,(H,22,23,25). The lowest BCUT2D eigenvalue weighted by molar-refractivity contribution is -0.116.